The minimum absolute atomic E-state index is 0.0879. The van der Waals surface area contributed by atoms with E-state index in [1.165, 1.54) is 22.9 Å². The number of halogens is 6. The van der Waals surface area contributed by atoms with Crippen molar-refractivity contribution in [2.24, 2.45) is 0 Å². The lowest BCUT2D eigenvalue weighted by Crippen LogP contribution is -2.25. The number of aromatic nitrogens is 3. The highest BCUT2D eigenvalue weighted by Gasteiger charge is 2.31. The summed E-state index contributed by atoms with van der Waals surface area (Å²) in [5, 5.41) is 6.82. The first-order valence-corrected chi connectivity index (χ1v) is 9.38. The number of nitrogens with one attached hydrogen (secondary N) is 1. The molecule has 2 heterocycles. The molecule has 0 saturated carbocycles. The highest BCUT2D eigenvalue weighted by atomic mass is 19.4. The van der Waals surface area contributed by atoms with Crippen LogP contribution < -0.4 is 5.32 Å². The number of carbonyl (C=O) groups excluding carboxylic acids is 1. The van der Waals surface area contributed by atoms with E-state index in [-0.39, 0.29) is 18.8 Å². The third kappa shape index (κ3) is 5.27. The lowest BCUT2D eigenvalue weighted by Gasteiger charge is -2.10. The molecule has 0 spiro atoms. The van der Waals surface area contributed by atoms with Gasteiger partial charge >= 0.3 is 12.4 Å². The second-order valence-corrected chi connectivity index (χ2v) is 7.12. The Hall–Kier alpha value is -3.37. The molecule has 1 aromatic carbocycles. The summed E-state index contributed by atoms with van der Waals surface area (Å²) in [6, 6.07) is 6.72. The van der Waals surface area contributed by atoms with Gasteiger partial charge in [0.05, 0.1) is 23.2 Å². The Bertz CT molecular complexity index is 1120. The maximum Gasteiger partial charge on any atom is 0.417 e. The van der Waals surface area contributed by atoms with Crippen LogP contribution in [0, 0.1) is 13.8 Å². The summed E-state index contributed by atoms with van der Waals surface area (Å²) in [6.07, 6.45) is -8.39. The number of aryl methyl sites for hydroxylation is 1. The number of nitrogens with zero attached hydrogens (tertiary/aromatic N) is 3. The number of rotatable bonds is 5. The van der Waals surface area contributed by atoms with Gasteiger partial charge in [-0.3, -0.25) is 4.79 Å². The molecule has 11 heteroatoms. The minimum atomic E-state index is -4.51. The molecule has 3 aromatic rings. The summed E-state index contributed by atoms with van der Waals surface area (Å²) < 4.78 is 77.9. The molecule has 0 aliphatic carbocycles. The van der Waals surface area contributed by atoms with Gasteiger partial charge < -0.3 is 5.32 Å². The largest absolute Gasteiger partial charge is 0.417 e. The van der Waals surface area contributed by atoms with Crippen molar-refractivity contribution in [2.45, 2.75) is 39.2 Å². The van der Waals surface area contributed by atoms with Crippen LogP contribution in [-0.4, -0.2) is 20.7 Å². The van der Waals surface area contributed by atoms with Crippen LogP contribution in [0.3, 0.4) is 0 Å². The standard InChI is InChI=1S/C21H18F6N4O/c1-12-17(9-19(32)29-10-14-4-3-5-15(8-14)20(22,23)24)13(2)31(30-12)18-7-6-16(11-28-18)21(25,26)27/h3-8,11H,9-10H2,1-2H3,(H,29,32). The molecule has 0 bridgehead atoms. The molecule has 0 saturated heterocycles. The monoisotopic (exact) mass is 456 g/mol. The van der Waals surface area contributed by atoms with E-state index in [0.29, 0.717) is 28.7 Å². The SMILES string of the molecule is Cc1nn(-c2ccc(C(F)(F)F)cn2)c(C)c1CC(=O)NCc1cccc(C(F)(F)F)c1. The molecule has 0 fully saturated rings. The molecule has 1 amide bonds. The van der Waals surface area contributed by atoms with Crippen molar-refractivity contribution >= 4 is 5.91 Å². The van der Waals surface area contributed by atoms with E-state index in [9.17, 15) is 31.1 Å². The molecule has 1 N–H and O–H groups in total. The number of carbonyl (C=O) groups is 1. The molecule has 0 unspecified atom stereocenters. The molecule has 2 aromatic heterocycles. The van der Waals surface area contributed by atoms with Crippen molar-refractivity contribution in [1.29, 1.82) is 0 Å². The predicted molar refractivity (Wildman–Crippen MR) is 103 cm³/mol. The van der Waals surface area contributed by atoms with Gasteiger partial charge in [0.25, 0.3) is 0 Å². The lowest BCUT2D eigenvalue weighted by atomic mass is 10.1. The molecule has 0 aliphatic heterocycles. The first-order chi connectivity index (χ1) is 14.9. The van der Waals surface area contributed by atoms with Crippen molar-refractivity contribution in [3.05, 3.63) is 76.2 Å². The Morgan fingerprint density at radius 1 is 1.00 bits per heavy atom. The van der Waals surface area contributed by atoms with Crippen LogP contribution in [0.5, 0.6) is 0 Å². The highest BCUT2D eigenvalue weighted by molar-refractivity contribution is 5.79. The fourth-order valence-corrected chi connectivity index (χ4v) is 3.11. The summed E-state index contributed by atoms with van der Waals surface area (Å²) in [4.78, 5) is 16.2. The van der Waals surface area contributed by atoms with E-state index < -0.39 is 29.4 Å². The summed E-state index contributed by atoms with van der Waals surface area (Å²) in [7, 11) is 0. The second-order valence-electron chi connectivity index (χ2n) is 7.12. The van der Waals surface area contributed by atoms with Gasteiger partial charge in [-0.05, 0) is 43.7 Å². The fraction of sp³-hybridized carbons (Fsp3) is 0.286. The van der Waals surface area contributed by atoms with Crippen LogP contribution in [0.2, 0.25) is 0 Å². The number of alkyl halides is 6. The van der Waals surface area contributed by atoms with E-state index in [4.69, 9.17) is 0 Å². The van der Waals surface area contributed by atoms with Gasteiger partial charge in [-0.2, -0.15) is 31.4 Å². The summed E-state index contributed by atoms with van der Waals surface area (Å²) in [5.74, 6) is -0.275. The van der Waals surface area contributed by atoms with Gasteiger partial charge in [0.2, 0.25) is 5.91 Å². The molecule has 0 radical (unpaired) electrons. The predicted octanol–water partition coefficient (Wildman–Crippen LogP) is 4.78. The smallest absolute Gasteiger partial charge is 0.352 e. The third-order valence-electron chi connectivity index (χ3n) is 4.81. The fourth-order valence-electron chi connectivity index (χ4n) is 3.11. The molecule has 0 aliphatic rings. The number of pyridine rings is 1. The quantitative estimate of drug-likeness (QED) is 0.563. The molecule has 0 atom stereocenters. The minimum Gasteiger partial charge on any atom is -0.352 e. The first kappa shape index (κ1) is 23.3. The number of amides is 1. The van der Waals surface area contributed by atoms with Gasteiger partial charge in [0.1, 0.15) is 0 Å². The third-order valence-corrected chi connectivity index (χ3v) is 4.81. The van der Waals surface area contributed by atoms with Crippen LogP contribution in [0.15, 0.2) is 42.6 Å². The average molecular weight is 456 g/mol. The number of hydrogen-bond acceptors (Lipinski definition) is 3. The van der Waals surface area contributed by atoms with Crippen LogP contribution in [-0.2, 0) is 30.1 Å². The van der Waals surface area contributed by atoms with Crippen LogP contribution in [0.25, 0.3) is 5.82 Å². The Kier molecular flexibility index (Phi) is 6.29. The molecular formula is C21H18F6N4O. The van der Waals surface area contributed by atoms with Gasteiger partial charge in [-0.25, -0.2) is 9.67 Å². The molecule has 5 nitrogen and oxygen atoms in total. The summed E-state index contributed by atoms with van der Waals surface area (Å²) >= 11 is 0. The van der Waals surface area contributed by atoms with Crippen LogP contribution in [0.4, 0.5) is 26.3 Å². The van der Waals surface area contributed by atoms with Crippen LogP contribution >= 0.6 is 0 Å². The zero-order chi connectivity index (χ0) is 23.7. The van der Waals surface area contributed by atoms with Gasteiger partial charge in [0.15, 0.2) is 5.82 Å². The number of benzene rings is 1. The lowest BCUT2D eigenvalue weighted by molar-refractivity contribution is -0.138. The maximum absolute atomic E-state index is 12.8. The van der Waals surface area contributed by atoms with Gasteiger partial charge in [-0.1, -0.05) is 12.1 Å². The van der Waals surface area contributed by atoms with Crippen LogP contribution in [0.1, 0.15) is 33.6 Å². The van der Waals surface area contributed by atoms with E-state index in [2.05, 4.69) is 15.4 Å². The molecule has 3 rings (SSSR count). The second kappa shape index (κ2) is 8.64. The molecular weight excluding hydrogens is 438 g/mol. The van der Waals surface area contributed by atoms with E-state index in [0.717, 1.165) is 18.2 Å². The molecule has 32 heavy (non-hydrogen) atoms. The van der Waals surface area contributed by atoms with E-state index in [1.807, 2.05) is 0 Å². The topological polar surface area (TPSA) is 59.8 Å². The highest BCUT2D eigenvalue weighted by Crippen LogP contribution is 2.30. The summed E-state index contributed by atoms with van der Waals surface area (Å²) in [6.45, 7) is 3.20. The zero-order valence-electron chi connectivity index (χ0n) is 17.0. The Morgan fingerprint density at radius 3 is 2.28 bits per heavy atom. The normalized spacial score (nSPS) is 12.1. The zero-order valence-corrected chi connectivity index (χ0v) is 17.0. The van der Waals surface area contributed by atoms with E-state index in [1.54, 1.807) is 13.8 Å². The molecule has 170 valence electrons. The Balaban J connectivity index is 1.71. The number of hydrogen-bond donors (Lipinski definition) is 1. The van der Waals surface area contributed by atoms with Crippen molar-refractivity contribution < 1.29 is 31.1 Å². The van der Waals surface area contributed by atoms with Crippen molar-refractivity contribution in [1.82, 2.24) is 20.1 Å². The van der Waals surface area contributed by atoms with E-state index >= 15 is 0 Å². The van der Waals surface area contributed by atoms with Gasteiger partial charge in [0, 0.05) is 24.0 Å². The average Bonchev–Trinajstić information content (AvgIpc) is 2.99. The maximum atomic E-state index is 12.8. The van der Waals surface area contributed by atoms with Crippen molar-refractivity contribution in [3.8, 4) is 5.82 Å². The van der Waals surface area contributed by atoms with Crippen molar-refractivity contribution in [2.75, 3.05) is 0 Å². The Morgan fingerprint density at radius 2 is 1.69 bits per heavy atom. The Labute approximate surface area is 179 Å². The summed E-state index contributed by atoms with van der Waals surface area (Å²) in [5.41, 5.74) is 0.153. The van der Waals surface area contributed by atoms with Crippen molar-refractivity contribution in [3.63, 3.8) is 0 Å². The van der Waals surface area contributed by atoms with Gasteiger partial charge in [-0.15, -0.1) is 0 Å². The first-order valence-electron chi connectivity index (χ1n) is 9.38.